The molecule has 0 bridgehead atoms. The zero-order chi connectivity index (χ0) is 19.1. The Balaban J connectivity index is 2.16. The maximum Gasteiger partial charge on any atom is 0.267 e. The van der Waals surface area contributed by atoms with E-state index < -0.39 is 10.0 Å². The van der Waals surface area contributed by atoms with Crippen molar-refractivity contribution >= 4 is 27.5 Å². The van der Waals surface area contributed by atoms with Crippen molar-refractivity contribution in [2.45, 2.75) is 32.6 Å². The molecular weight excluding hydrogens is 354 g/mol. The van der Waals surface area contributed by atoms with Crippen LogP contribution in [0, 0.1) is 20.8 Å². The predicted molar refractivity (Wildman–Crippen MR) is 96.6 cm³/mol. The van der Waals surface area contributed by atoms with Gasteiger partial charge in [0, 0.05) is 11.4 Å². The summed E-state index contributed by atoms with van der Waals surface area (Å²) >= 11 is 0. The second kappa shape index (κ2) is 6.49. The number of rotatable bonds is 5. The Hall–Kier alpha value is -2.81. The summed E-state index contributed by atoms with van der Waals surface area (Å²) in [6, 6.07) is 8.22. The van der Waals surface area contributed by atoms with Gasteiger partial charge in [0.25, 0.3) is 21.7 Å². The quantitative estimate of drug-likeness (QED) is 0.677. The van der Waals surface area contributed by atoms with E-state index in [9.17, 15) is 13.2 Å². The topological polar surface area (TPSA) is 97.5 Å². The molecule has 0 aliphatic carbocycles. The van der Waals surface area contributed by atoms with Gasteiger partial charge in [-0.1, -0.05) is 17.7 Å². The summed E-state index contributed by atoms with van der Waals surface area (Å²) in [4.78, 5) is 20.3. The van der Waals surface area contributed by atoms with Gasteiger partial charge in [-0.2, -0.15) is 9.50 Å². The third kappa shape index (κ3) is 3.30. The molecule has 2 aromatic heterocycles. The zero-order valence-corrected chi connectivity index (χ0v) is 15.8. The van der Waals surface area contributed by atoms with E-state index in [1.54, 1.807) is 12.1 Å². The summed E-state index contributed by atoms with van der Waals surface area (Å²) in [5.41, 5.74) is 2.44. The maximum absolute atomic E-state index is 13.1. The van der Waals surface area contributed by atoms with Crippen molar-refractivity contribution in [2.24, 2.45) is 0 Å². The monoisotopic (exact) mass is 373 g/mol. The van der Waals surface area contributed by atoms with Crippen LogP contribution < -0.4 is 4.31 Å². The fraction of sp³-hybridized carbons (Fsp3) is 0.294. The summed E-state index contributed by atoms with van der Waals surface area (Å²) in [5, 5.41) is 4.25. The average Bonchev–Trinajstić information content (AvgIpc) is 2.96. The minimum Gasteiger partial charge on any atom is -0.298 e. The van der Waals surface area contributed by atoms with Crippen molar-refractivity contribution in [3.8, 4) is 0 Å². The molecule has 3 aromatic rings. The van der Waals surface area contributed by atoms with E-state index in [4.69, 9.17) is 0 Å². The molecule has 0 unspecified atom stereocenters. The lowest BCUT2D eigenvalue weighted by Crippen LogP contribution is -2.36. The van der Waals surface area contributed by atoms with Crippen molar-refractivity contribution in [1.82, 2.24) is 19.6 Å². The lowest BCUT2D eigenvalue weighted by molar-refractivity contribution is -0.115. The first kappa shape index (κ1) is 18.0. The van der Waals surface area contributed by atoms with Crippen LogP contribution in [0.2, 0.25) is 0 Å². The van der Waals surface area contributed by atoms with Crippen LogP contribution in [0.25, 0.3) is 5.78 Å². The number of sulfonamides is 1. The highest BCUT2D eigenvalue weighted by Crippen LogP contribution is 2.22. The Labute approximate surface area is 151 Å². The van der Waals surface area contributed by atoms with E-state index in [0.717, 1.165) is 21.3 Å². The summed E-state index contributed by atoms with van der Waals surface area (Å²) in [6.07, 6.45) is 0. The molecule has 0 N–H and O–H groups in total. The number of anilines is 1. The van der Waals surface area contributed by atoms with E-state index in [-0.39, 0.29) is 28.9 Å². The number of hydrogen-bond donors (Lipinski definition) is 0. The van der Waals surface area contributed by atoms with E-state index in [1.807, 2.05) is 26.8 Å². The van der Waals surface area contributed by atoms with Crippen LogP contribution in [-0.4, -0.2) is 40.3 Å². The largest absolute Gasteiger partial charge is 0.298 e. The first-order chi connectivity index (χ1) is 12.2. The molecule has 9 heteroatoms. The van der Waals surface area contributed by atoms with Gasteiger partial charge >= 0.3 is 0 Å². The number of benzene rings is 1. The lowest BCUT2D eigenvalue weighted by Gasteiger charge is -2.19. The molecule has 0 spiro atoms. The molecule has 26 heavy (non-hydrogen) atoms. The third-order valence-corrected chi connectivity index (χ3v) is 5.55. The van der Waals surface area contributed by atoms with Crippen molar-refractivity contribution in [3.05, 3.63) is 47.3 Å². The van der Waals surface area contributed by atoms with Gasteiger partial charge in [-0.3, -0.25) is 4.79 Å². The SMILES string of the molecule is CC(=O)CN(c1nc2nc(C)cc(C)n2n1)S(=O)(=O)c1ccc(C)cc1. The number of aromatic nitrogens is 4. The smallest absolute Gasteiger partial charge is 0.267 e. The molecule has 8 nitrogen and oxygen atoms in total. The molecule has 0 amide bonds. The molecule has 0 atom stereocenters. The molecule has 1 aromatic carbocycles. The zero-order valence-electron chi connectivity index (χ0n) is 15.0. The van der Waals surface area contributed by atoms with Crippen LogP contribution in [0.1, 0.15) is 23.9 Å². The lowest BCUT2D eigenvalue weighted by atomic mass is 10.2. The fourth-order valence-electron chi connectivity index (χ4n) is 2.56. The second-order valence-electron chi connectivity index (χ2n) is 6.19. The Kier molecular flexibility index (Phi) is 4.49. The van der Waals surface area contributed by atoms with Crippen LogP contribution in [-0.2, 0) is 14.8 Å². The van der Waals surface area contributed by atoms with E-state index in [0.29, 0.717) is 0 Å². The van der Waals surface area contributed by atoms with Gasteiger partial charge in [0.1, 0.15) is 5.78 Å². The van der Waals surface area contributed by atoms with Gasteiger partial charge in [-0.25, -0.2) is 17.7 Å². The maximum atomic E-state index is 13.1. The number of carbonyl (C=O) groups is 1. The minimum atomic E-state index is -3.99. The Morgan fingerprint density at radius 3 is 2.38 bits per heavy atom. The highest BCUT2D eigenvalue weighted by Gasteiger charge is 2.29. The van der Waals surface area contributed by atoms with Crippen molar-refractivity contribution in [2.75, 3.05) is 10.8 Å². The molecule has 3 rings (SSSR count). The standard InChI is InChI=1S/C17H19N5O3S/c1-11-5-7-15(8-6-11)26(24,25)21(10-14(4)23)17-19-16-18-12(2)9-13(3)22(16)20-17/h5-9H,10H2,1-4H3. The predicted octanol–water partition coefficient (Wildman–Crippen LogP) is 1.83. The van der Waals surface area contributed by atoms with Crippen LogP contribution >= 0.6 is 0 Å². The summed E-state index contributed by atoms with van der Waals surface area (Å²) < 4.78 is 28.5. The molecule has 136 valence electrons. The van der Waals surface area contributed by atoms with Crippen molar-refractivity contribution < 1.29 is 13.2 Å². The summed E-state index contributed by atoms with van der Waals surface area (Å²) in [7, 11) is -3.99. The van der Waals surface area contributed by atoms with Gasteiger partial charge in [0.15, 0.2) is 0 Å². The van der Waals surface area contributed by atoms with Crippen LogP contribution in [0.15, 0.2) is 35.2 Å². The van der Waals surface area contributed by atoms with Crippen molar-refractivity contribution in [3.63, 3.8) is 0 Å². The molecule has 0 saturated heterocycles. The number of ketones is 1. The number of hydrogen-bond acceptors (Lipinski definition) is 6. The van der Waals surface area contributed by atoms with Gasteiger partial charge in [-0.15, -0.1) is 5.10 Å². The molecule has 0 radical (unpaired) electrons. The van der Waals surface area contributed by atoms with Crippen LogP contribution in [0.5, 0.6) is 0 Å². The van der Waals surface area contributed by atoms with Gasteiger partial charge < -0.3 is 0 Å². The average molecular weight is 373 g/mol. The summed E-state index contributed by atoms with van der Waals surface area (Å²) in [5.74, 6) is -0.118. The van der Waals surface area contributed by atoms with Gasteiger partial charge in [-0.05, 0) is 45.9 Å². The number of Topliss-reactive ketones (excluding diaryl/α,β-unsaturated/α-hetero) is 1. The molecule has 0 fully saturated rings. The number of fused-ring (bicyclic) bond motifs is 1. The molecule has 0 saturated carbocycles. The fourth-order valence-corrected chi connectivity index (χ4v) is 3.94. The van der Waals surface area contributed by atoms with E-state index >= 15 is 0 Å². The molecule has 2 heterocycles. The second-order valence-corrected chi connectivity index (χ2v) is 8.05. The number of nitrogens with zero attached hydrogens (tertiary/aromatic N) is 5. The Morgan fingerprint density at radius 1 is 1.12 bits per heavy atom. The Morgan fingerprint density at radius 2 is 1.77 bits per heavy atom. The van der Waals surface area contributed by atoms with Crippen LogP contribution in [0.3, 0.4) is 0 Å². The van der Waals surface area contributed by atoms with E-state index in [1.165, 1.54) is 23.6 Å². The van der Waals surface area contributed by atoms with Crippen molar-refractivity contribution in [1.29, 1.82) is 0 Å². The molecule has 0 aliphatic heterocycles. The first-order valence-electron chi connectivity index (χ1n) is 7.98. The highest BCUT2D eigenvalue weighted by atomic mass is 32.2. The number of aryl methyl sites for hydroxylation is 3. The minimum absolute atomic E-state index is 0.0732. The molecule has 0 aliphatic rings. The molecular formula is C17H19N5O3S. The van der Waals surface area contributed by atoms with E-state index in [2.05, 4.69) is 15.1 Å². The highest BCUT2D eigenvalue weighted by molar-refractivity contribution is 7.92. The Bertz CT molecular complexity index is 1090. The summed E-state index contributed by atoms with van der Waals surface area (Å²) in [6.45, 7) is 6.47. The van der Waals surface area contributed by atoms with Gasteiger partial charge in [0.2, 0.25) is 0 Å². The number of carbonyl (C=O) groups excluding carboxylic acids is 1. The first-order valence-corrected chi connectivity index (χ1v) is 9.42. The normalized spacial score (nSPS) is 11.7. The third-order valence-electron chi connectivity index (χ3n) is 3.81. The van der Waals surface area contributed by atoms with Gasteiger partial charge in [0.05, 0.1) is 11.4 Å². The van der Waals surface area contributed by atoms with Crippen LogP contribution in [0.4, 0.5) is 5.95 Å².